The number of urea groups is 1. The summed E-state index contributed by atoms with van der Waals surface area (Å²) >= 11 is 0. The molecule has 2 aromatic rings. The third-order valence-electron chi connectivity index (χ3n) is 3.33. The summed E-state index contributed by atoms with van der Waals surface area (Å²) in [5, 5.41) is 15.7. The highest BCUT2D eigenvalue weighted by molar-refractivity contribution is 5.89. The Labute approximate surface area is 133 Å². The SMILES string of the molecule is Cc1cccc(OCNC(=O)Nc2cccc([N+](=O)[O-])c2)c1C. The van der Waals surface area contributed by atoms with E-state index in [1.807, 2.05) is 32.0 Å². The summed E-state index contributed by atoms with van der Waals surface area (Å²) in [7, 11) is 0. The number of anilines is 1. The van der Waals surface area contributed by atoms with E-state index in [0.717, 1.165) is 11.1 Å². The second-order valence-corrected chi connectivity index (χ2v) is 4.93. The summed E-state index contributed by atoms with van der Waals surface area (Å²) in [5.41, 5.74) is 2.36. The molecule has 0 fully saturated rings. The molecule has 0 radical (unpaired) electrons. The van der Waals surface area contributed by atoms with Crippen LogP contribution in [0, 0.1) is 24.0 Å². The van der Waals surface area contributed by atoms with Crippen molar-refractivity contribution >= 4 is 17.4 Å². The topological polar surface area (TPSA) is 93.5 Å². The van der Waals surface area contributed by atoms with E-state index in [4.69, 9.17) is 4.74 Å². The van der Waals surface area contributed by atoms with Crippen molar-refractivity contribution in [3.8, 4) is 5.75 Å². The Hall–Kier alpha value is -3.09. The van der Waals surface area contributed by atoms with Gasteiger partial charge in [-0.05, 0) is 37.1 Å². The van der Waals surface area contributed by atoms with Crippen LogP contribution in [0.5, 0.6) is 5.75 Å². The van der Waals surface area contributed by atoms with Crippen molar-refractivity contribution in [2.45, 2.75) is 13.8 Å². The first kappa shape index (κ1) is 16.3. The summed E-state index contributed by atoms with van der Waals surface area (Å²) in [5.74, 6) is 0.695. The van der Waals surface area contributed by atoms with Gasteiger partial charge in [0.25, 0.3) is 5.69 Å². The van der Waals surface area contributed by atoms with Gasteiger partial charge in [-0.25, -0.2) is 4.79 Å². The molecule has 2 N–H and O–H groups in total. The Kier molecular flexibility index (Phi) is 5.14. The van der Waals surface area contributed by atoms with Gasteiger partial charge in [-0.3, -0.25) is 10.1 Å². The number of carbonyl (C=O) groups is 1. The lowest BCUT2D eigenvalue weighted by Crippen LogP contribution is -2.32. The number of aryl methyl sites for hydroxylation is 1. The lowest BCUT2D eigenvalue weighted by Gasteiger charge is -2.12. The van der Waals surface area contributed by atoms with Gasteiger partial charge in [0.15, 0.2) is 6.73 Å². The maximum absolute atomic E-state index is 11.8. The third-order valence-corrected chi connectivity index (χ3v) is 3.33. The molecule has 7 heteroatoms. The van der Waals surface area contributed by atoms with Crippen molar-refractivity contribution in [1.82, 2.24) is 5.32 Å². The molecule has 2 amide bonds. The smallest absolute Gasteiger partial charge is 0.321 e. The number of amides is 2. The molecule has 0 aliphatic heterocycles. The van der Waals surface area contributed by atoms with E-state index < -0.39 is 11.0 Å². The van der Waals surface area contributed by atoms with Crippen LogP contribution in [0.25, 0.3) is 0 Å². The standard InChI is InChI=1S/C16H17N3O4/c1-11-5-3-8-15(12(11)2)23-10-17-16(20)18-13-6-4-7-14(9-13)19(21)22/h3-9H,10H2,1-2H3,(H2,17,18,20). The van der Waals surface area contributed by atoms with Gasteiger partial charge in [-0.2, -0.15) is 0 Å². The minimum Gasteiger partial charge on any atom is -0.473 e. The Morgan fingerprint density at radius 1 is 1.22 bits per heavy atom. The minimum absolute atomic E-state index is 0.00888. The molecular weight excluding hydrogens is 298 g/mol. The fraction of sp³-hybridized carbons (Fsp3) is 0.188. The average molecular weight is 315 g/mol. The predicted molar refractivity (Wildman–Crippen MR) is 86.7 cm³/mol. The van der Waals surface area contributed by atoms with Crippen LogP contribution in [-0.2, 0) is 0 Å². The molecule has 2 rings (SSSR count). The number of non-ortho nitro benzene ring substituents is 1. The average Bonchev–Trinajstić information content (AvgIpc) is 2.51. The predicted octanol–water partition coefficient (Wildman–Crippen LogP) is 3.37. The zero-order chi connectivity index (χ0) is 16.8. The van der Waals surface area contributed by atoms with Crippen LogP contribution in [-0.4, -0.2) is 17.7 Å². The quantitative estimate of drug-likeness (QED) is 0.502. The number of benzene rings is 2. The van der Waals surface area contributed by atoms with Crippen LogP contribution < -0.4 is 15.4 Å². The molecule has 0 aliphatic rings. The molecule has 0 aromatic heterocycles. The fourth-order valence-electron chi connectivity index (χ4n) is 1.93. The maximum atomic E-state index is 11.8. The first-order chi connectivity index (χ1) is 11.0. The number of nitro groups is 1. The monoisotopic (exact) mass is 315 g/mol. The van der Waals surface area contributed by atoms with Crippen LogP contribution in [0.1, 0.15) is 11.1 Å². The first-order valence-corrected chi connectivity index (χ1v) is 6.95. The van der Waals surface area contributed by atoms with Crippen LogP contribution in [0.4, 0.5) is 16.2 Å². The van der Waals surface area contributed by atoms with E-state index in [1.54, 1.807) is 6.07 Å². The van der Waals surface area contributed by atoms with E-state index >= 15 is 0 Å². The van der Waals surface area contributed by atoms with Crippen molar-refractivity contribution in [3.63, 3.8) is 0 Å². The number of nitro benzene ring substituents is 1. The van der Waals surface area contributed by atoms with Crippen LogP contribution in [0.15, 0.2) is 42.5 Å². The highest BCUT2D eigenvalue weighted by atomic mass is 16.6. The molecule has 0 saturated heterocycles. The van der Waals surface area contributed by atoms with Gasteiger partial charge in [-0.15, -0.1) is 0 Å². The van der Waals surface area contributed by atoms with Crippen LogP contribution in [0.2, 0.25) is 0 Å². The molecule has 0 unspecified atom stereocenters. The second kappa shape index (κ2) is 7.26. The molecule has 2 aromatic carbocycles. The first-order valence-electron chi connectivity index (χ1n) is 6.95. The van der Waals surface area contributed by atoms with Gasteiger partial charge >= 0.3 is 6.03 Å². The second-order valence-electron chi connectivity index (χ2n) is 4.93. The van der Waals surface area contributed by atoms with Gasteiger partial charge in [0.05, 0.1) is 4.92 Å². The summed E-state index contributed by atoms with van der Waals surface area (Å²) < 4.78 is 5.51. The Bertz CT molecular complexity index is 731. The fourth-order valence-corrected chi connectivity index (χ4v) is 1.93. The normalized spacial score (nSPS) is 10.0. The molecule has 0 heterocycles. The van der Waals surface area contributed by atoms with E-state index in [1.165, 1.54) is 18.2 Å². The molecular formula is C16H17N3O4. The van der Waals surface area contributed by atoms with Crippen molar-refractivity contribution < 1.29 is 14.5 Å². The van der Waals surface area contributed by atoms with E-state index in [9.17, 15) is 14.9 Å². The van der Waals surface area contributed by atoms with Crippen molar-refractivity contribution in [1.29, 1.82) is 0 Å². The summed E-state index contributed by atoms with van der Waals surface area (Å²) in [6, 6.07) is 10.9. The molecule has 0 atom stereocenters. The Balaban J connectivity index is 1.87. The van der Waals surface area contributed by atoms with E-state index in [2.05, 4.69) is 10.6 Å². The van der Waals surface area contributed by atoms with E-state index in [-0.39, 0.29) is 12.4 Å². The van der Waals surface area contributed by atoms with Crippen LogP contribution in [0.3, 0.4) is 0 Å². The molecule has 0 aliphatic carbocycles. The largest absolute Gasteiger partial charge is 0.473 e. The van der Waals surface area contributed by atoms with Crippen molar-refractivity contribution in [2.24, 2.45) is 0 Å². The number of hydrogen-bond donors (Lipinski definition) is 2. The molecule has 0 bridgehead atoms. The molecule has 7 nitrogen and oxygen atoms in total. The summed E-state index contributed by atoms with van der Waals surface area (Å²) in [6.07, 6.45) is 0. The number of rotatable bonds is 5. The van der Waals surface area contributed by atoms with Gasteiger partial charge < -0.3 is 15.4 Å². The van der Waals surface area contributed by atoms with Crippen molar-refractivity contribution in [3.05, 3.63) is 63.7 Å². The van der Waals surface area contributed by atoms with Crippen LogP contribution >= 0.6 is 0 Å². The molecule has 23 heavy (non-hydrogen) atoms. The number of hydrogen-bond acceptors (Lipinski definition) is 4. The summed E-state index contributed by atoms with van der Waals surface area (Å²) in [4.78, 5) is 21.9. The highest BCUT2D eigenvalue weighted by Crippen LogP contribution is 2.20. The Morgan fingerprint density at radius 2 is 1.96 bits per heavy atom. The zero-order valence-corrected chi connectivity index (χ0v) is 12.8. The third kappa shape index (κ3) is 4.44. The number of ether oxygens (including phenoxy) is 1. The van der Waals surface area contributed by atoms with Gasteiger partial charge in [0.2, 0.25) is 0 Å². The number of nitrogens with one attached hydrogen (secondary N) is 2. The lowest BCUT2D eigenvalue weighted by atomic mass is 10.1. The molecule has 120 valence electrons. The van der Waals surface area contributed by atoms with Gasteiger partial charge in [0.1, 0.15) is 5.75 Å². The van der Waals surface area contributed by atoms with Crippen molar-refractivity contribution in [2.75, 3.05) is 12.0 Å². The number of nitrogens with zero attached hydrogens (tertiary/aromatic N) is 1. The van der Waals surface area contributed by atoms with E-state index in [0.29, 0.717) is 11.4 Å². The summed E-state index contributed by atoms with van der Waals surface area (Å²) in [6.45, 7) is 3.91. The highest BCUT2D eigenvalue weighted by Gasteiger charge is 2.08. The molecule has 0 saturated carbocycles. The lowest BCUT2D eigenvalue weighted by molar-refractivity contribution is -0.384. The Morgan fingerprint density at radius 3 is 2.70 bits per heavy atom. The zero-order valence-electron chi connectivity index (χ0n) is 12.8. The van der Waals surface area contributed by atoms with Gasteiger partial charge in [-0.1, -0.05) is 18.2 Å². The number of carbonyl (C=O) groups excluding carboxylic acids is 1. The minimum atomic E-state index is -0.521. The van der Waals surface area contributed by atoms with Gasteiger partial charge in [0, 0.05) is 17.8 Å². The molecule has 0 spiro atoms. The maximum Gasteiger partial charge on any atom is 0.321 e.